The molecule has 0 atom stereocenters. The van der Waals surface area contributed by atoms with Crippen LogP contribution in [0.4, 0.5) is 5.69 Å². The molecular weight excluding hydrogens is 234 g/mol. The Morgan fingerprint density at radius 2 is 1.76 bits per heavy atom. The fraction of sp³-hybridized carbons (Fsp3) is 0.0769. The first kappa shape index (κ1) is 11.5. The Hall–Kier alpha value is -1.94. The van der Waals surface area contributed by atoms with Crippen molar-refractivity contribution >= 4 is 28.7 Å². The van der Waals surface area contributed by atoms with Gasteiger partial charge >= 0.3 is 0 Å². The Kier molecular flexibility index (Phi) is 3.35. The van der Waals surface area contributed by atoms with Gasteiger partial charge < -0.3 is 5.32 Å². The van der Waals surface area contributed by atoms with E-state index in [0.29, 0.717) is 16.8 Å². The highest BCUT2D eigenvalue weighted by molar-refractivity contribution is 7.08. The van der Waals surface area contributed by atoms with Gasteiger partial charge in [-0.15, -0.1) is 0 Å². The van der Waals surface area contributed by atoms with Gasteiger partial charge in [0.25, 0.3) is 5.91 Å². The van der Waals surface area contributed by atoms with Crippen molar-refractivity contribution in [2.24, 2.45) is 0 Å². The summed E-state index contributed by atoms with van der Waals surface area (Å²) < 4.78 is 0. The number of carbonyl (C=O) groups excluding carboxylic acids is 2. The number of hydrogen-bond donors (Lipinski definition) is 1. The lowest BCUT2D eigenvalue weighted by atomic mass is 10.1. The van der Waals surface area contributed by atoms with Gasteiger partial charge in [-0.2, -0.15) is 11.3 Å². The summed E-state index contributed by atoms with van der Waals surface area (Å²) in [6, 6.07) is 8.61. The molecule has 0 unspecified atom stereocenters. The summed E-state index contributed by atoms with van der Waals surface area (Å²) >= 11 is 1.48. The zero-order valence-corrected chi connectivity index (χ0v) is 10.1. The molecule has 0 spiro atoms. The summed E-state index contributed by atoms with van der Waals surface area (Å²) in [4.78, 5) is 22.8. The van der Waals surface area contributed by atoms with E-state index < -0.39 is 0 Å². The van der Waals surface area contributed by atoms with Gasteiger partial charge in [-0.05, 0) is 42.6 Å². The minimum Gasteiger partial charge on any atom is -0.322 e. The van der Waals surface area contributed by atoms with Gasteiger partial charge in [0.05, 0.1) is 5.56 Å². The average molecular weight is 245 g/mol. The van der Waals surface area contributed by atoms with Crippen LogP contribution in [-0.4, -0.2) is 11.7 Å². The van der Waals surface area contributed by atoms with Crippen LogP contribution in [0.25, 0.3) is 0 Å². The van der Waals surface area contributed by atoms with Crippen LogP contribution < -0.4 is 5.32 Å². The van der Waals surface area contributed by atoms with E-state index in [1.165, 1.54) is 18.3 Å². The van der Waals surface area contributed by atoms with Crippen LogP contribution in [-0.2, 0) is 0 Å². The topological polar surface area (TPSA) is 46.2 Å². The maximum atomic E-state index is 11.7. The lowest BCUT2D eigenvalue weighted by Gasteiger charge is -2.04. The zero-order valence-electron chi connectivity index (χ0n) is 9.27. The third-order valence-corrected chi connectivity index (χ3v) is 3.02. The van der Waals surface area contributed by atoms with E-state index in [9.17, 15) is 9.59 Å². The van der Waals surface area contributed by atoms with Gasteiger partial charge in [0, 0.05) is 16.6 Å². The first-order valence-electron chi connectivity index (χ1n) is 5.11. The molecule has 17 heavy (non-hydrogen) atoms. The molecule has 0 aliphatic heterocycles. The fourth-order valence-electron chi connectivity index (χ4n) is 1.39. The number of carbonyl (C=O) groups is 2. The van der Waals surface area contributed by atoms with Crippen LogP contribution >= 0.6 is 11.3 Å². The number of rotatable bonds is 3. The largest absolute Gasteiger partial charge is 0.322 e. The lowest BCUT2D eigenvalue weighted by Crippen LogP contribution is -2.10. The molecule has 4 heteroatoms. The van der Waals surface area contributed by atoms with Crippen LogP contribution in [0, 0.1) is 0 Å². The van der Waals surface area contributed by atoms with Crippen molar-refractivity contribution in [3.63, 3.8) is 0 Å². The molecule has 0 aliphatic rings. The molecule has 0 fully saturated rings. The number of nitrogens with one attached hydrogen (secondary N) is 1. The molecule has 1 heterocycles. The predicted octanol–water partition coefficient (Wildman–Crippen LogP) is 3.20. The van der Waals surface area contributed by atoms with E-state index in [2.05, 4.69) is 5.32 Å². The normalized spacial score (nSPS) is 9.94. The molecule has 86 valence electrons. The number of ketones is 1. The minimum absolute atomic E-state index is 0.0145. The van der Waals surface area contributed by atoms with Crippen molar-refractivity contribution in [1.29, 1.82) is 0 Å². The molecule has 0 radical (unpaired) electrons. The monoisotopic (exact) mass is 245 g/mol. The van der Waals surface area contributed by atoms with Gasteiger partial charge in [0.15, 0.2) is 5.78 Å². The zero-order chi connectivity index (χ0) is 12.3. The lowest BCUT2D eigenvalue weighted by molar-refractivity contribution is 0.101. The third-order valence-electron chi connectivity index (χ3n) is 2.33. The Labute approximate surface area is 103 Å². The minimum atomic E-state index is -0.137. The van der Waals surface area contributed by atoms with Crippen molar-refractivity contribution in [3.05, 3.63) is 52.2 Å². The number of Topliss-reactive ketones (excluding diaryl/α,β-unsaturated/α-hetero) is 1. The number of benzene rings is 1. The van der Waals surface area contributed by atoms with Crippen LogP contribution in [0.2, 0.25) is 0 Å². The summed E-state index contributed by atoms with van der Waals surface area (Å²) in [5, 5.41) is 6.41. The smallest absolute Gasteiger partial charge is 0.256 e. The highest BCUT2D eigenvalue weighted by Crippen LogP contribution is 2.13. The Morgan fingerprint density at radius 1 is 1.06 bits per heavy atom. The maximum Gasteiger partial charge on any atom is 0.256 e. The average Bonchev–Trinajstić information content (AvgIpc) is 2.83. The number of amides is 1. The predicted molar refractivity (Wildman–Crippen MR) is 68.7 cm³/mol. The second-order valence-electron chi connectivity index (χ2n) is 3.60. The van der Waals surface area contributed by atoms with Crippen LogP contribution in [0.3, 0.4) is 0 Å². The van der Waals surface area contributed by atoms with E-state index >= 15 is 0 Å². The number of hydrogen-bond acceptors (Lipinski definition) is 3. The third kappa shape index (κ3) is 2.79. The molecule has 0 bridgehead atoms. The Morgan fingerprint density at radius 3 is 2.29 bits per heavy atom. The van der Waals surface area contributed by atoms with Crippen molar-refractivity contribution in [3.8, 4) is 0 Å². The van der Waals surface area contributed by atoms with Gasteiger partial charge in [0.1, 0.15) is 0 Å². The van der Waals surface area contributed by atoms with E-state index in [-0.39, 0.29) is 11.7 Å². The molecule has 2 rings (SSSR count). The first-order chi connectivity index (χ1) is 8.16. The number of anilines is 1. The van der Waals surface area contributed by atoms with Gasteiger partial charge in [-0.1, -0.05) is 0 Å². The summed E-state index contributed by atoms with van der Waals surface area (Å²) in [6.45, 7) is 1.51. The summed E-state index contributed by atoms with van der Waals surface area (Å²) in [6.07, 6.45) is 0. The SMILES string of the molecule is CC(=O)c1ccc(NC(=O)c2ccsc2)cc1. The highest BCUT2D eigenvalue weighted by atomic mass is 32.1. The molecular formula is C13H11NO2S. The van der Waals surface area contributed by atoms with Gasteiger partial charge in [-0.3, -0.25) is 9.59 Å². The first-order valence-corrected chi connectivity index (χ1v) is 6.05. The highest BCUT2D eigenvalue weighted by Gasteiger charge is 2.06. The molecule has 0 aliphatic carbocycles. The molecule has 1 N–H and O–H groups in total. The van der Waals surface area contributed by atoms with Gasteiger partial charge in [0.2, 0.25) is 0 Å². The Bertz CT molecular complexity index is 529. The summed E-state index contributed by atoms with van der Waals surface area (Å²) in [5.41, 5.74) is 1.97. The van der Waals surface area contributed by atoms with Crippen LogP contribution in [0.5, 0.6) is 0 Å². The second kappa shape index (κ2) is 4.93. The summed E-state index contributed by atoms with van der Waals surface area (Å²) in [7, 11) is 0. The van der Waals surface area contributed by atoms with E-state index in [4.69, 9.17) is 0 Å². The quantitative estimate of drug-likeness (QED) is 0.844. The van der Waals surface area contributed by atoms with E-state index in [0.717, 1.165) is 0 Å². The molecule has 0 saturated carbocycles. The number of thiophene rings is 1. The molecule has 0 saturated heterocycles. The molecule has 3 nitrogen and oxygen atoms in total. The molecule has 1 amide bonds. The van der Waals surface area contributed by atoms with E-state index in [1.54, 1.807) is 35.7 Å². The fourth-order valence-corrected chi connectivity index (χ4v) is 2.02. The molecule has 2 aromatic rings. The van der Waals surface area contributed by atoms with Crippen molar-refractivity contribution < 1.29 is 9.59 Å². The second-order valence-corrected chi connectivity index (χ2v) is 4.38. The molecule has 1 aromatic carbocycles. The Balaban J connectivity index is 2.09. The standard InChI is InChI=1S/C13H11NO2S/c1-9(15)10-2-4-12(5-3-10)14-13(16)11-6-7-17-8-11/h2-8H,1H3,(H,14,16). The van der Waals surface area contributed by atoms with Crippen molar-refractivity contribution in [2.75, 3.05) is 5.32 Å². The van der Waals surface area contributed by atoms with Crippen molar-refractivity contribution in [1.82, 2.24) is 0 Å². The molecule has 1 aromatic heterocycles. The van der Waals surface area contributed by atoms with Crippen molar-refractivity contribution in [2.45, 2.75) is 6.92 Å². The van der Waals surface area contributed by atoms with Crippen LogP contribution in [0.1, 0.15) is 27.6 Å². The summed E-state index contributed by atoms with van der Waals surface area (Å²) in [5.74, 6) is -0.123. The van der Waals surface area contributed by atoms with E-state index in [1.807, 2.05) is 5.38 Å². The van der Waals surface area contributed by atoms with Gasteiger partial charge in [-0.25, -0.2) is 0 Å². The van der Waals surface area contributed by atoms with Crippen LogP contribution in [0.15, 0.2) is 41.1 Å². The maximum absolute atomic E-state index is 11.7.